The van der Waals surface area contributed by atoms with Crippen LogP contribution in [0.15, 0.2) is 57.4 Å². The molecule has 140 valence electrons. The van der Waals surface area contributed by atoms with Crippen molar-refractivity contribution in [2.24, 2.45) is 5.73 Å². The number of primary amides is 1. The number of hydrogen-bond donors (Lipinski definition) is 1. The number of amides is 1. The highest BCUT2D eigenvalue weighted by Crippen LogP contribution is 2.32. The maximum absolute atomic E-state index is 11.6. The molecule has 4 aromatic rings. The smallest absolute Gasteiger partial charge is 0.249 e. The molecule has 0 atom stereocenters. The topological polar surface area (TPSA) is 108 Å². The maximum atomic E-state index is 11.6. The summed E-state index contributed by atoms with van der Waals surface area (Å²) in [5.74, 6) is 1.05. The molecule has 0 spiro atoms. The number of aryl methyl sites for hydroxylation is 1. The van der Waals surface area contributed by atoms with Crippen LogP contribution in [-0.2, 0) is 5.75 Å². The fourth-order valence-corrected chi connectivity index (χ4v) is 4.25. The van der Waals surface area contributed by atoms with Gasteiger partial charge >= 0.3 is 0 Å². The number of hydrogen-bond acceptors (Lipinski definition) is 8. The first-order valence-electron chi connectivity index (χ1n) is 8.35. The lowest BCUT2D eigenvalue weighted by atomic mass is 10.1. The van der Waals surface area contributed by atoms with Crippen molar-refractivity contribution in [1.82, 2.24) is 20.3 Å². The minimum atomic E-state index is -0.491. The fraction of sp³-hybridized carbons (Fsp3) is 0.105. The highest BCUT2D eigenvalue weighted by atomic mass is 32.2. The summed E-state index contributed by atoms with van der Waals surface area (Å²) in [6.07, 6.45) is 0. The Balaban J connectivity index is 1.46. The van der Waals surface area contributed by atoms with Crippen molar-refractivity contribution in [3.63, 3.8) is 0 Å². The Bertz CT molecular complexity index is 1120. The largest absolute Gasteiger partial charge is 0.366 e. The van der Waals surface area contributed by atoms with Crippen molar-refractivity contribution in [1.29, 1.82) is 0 Å². The Morgan fingerprint density at radius 2 is 1.93 bits per heavy atom. The van der Waals surface area contributed by atoms with E-state index in [-0.39, 0.29) is 0 Å². The molecule has 2 aromatic carbocycles. The SMILES string of the molecule is Cc1ccc(-c2noc(CSc3nnc(-c4ccccc4C(N)=O)s3)n2)cc1. The van der Waals surface area contributed by atoms with Gasteiger partial charge in [0.25, 0.3) is 0 Å². The first kappa shape index (κ1) is 18.3. The van der Waals surface area contributed by atoms with E-state index in [0.29, 0.717) is 33.6 Å². The molecule has 1 amide bonds. The van der Waals surface area contributed by atoms with Gasteiger partial charge in [-0.2, -0.15) is 4.98 Å². The summed E-state index contributed by atoms with van der Waals surface area (Å²) in [5, 5.41) is 13.0. The predicted octanol–water partition coefficient (Wildman–Crippen LogP) is 3.95. The molecule has 4 rings (SSSR count). The number of carbonyl (C=O) groups excluding carboxylic acids is 1. The number of rotatable bonds is 6. The molecule has 0 saturated carbocycles. The van der Waals surface area contributed by atoms with Crippen LogP contribution in [-0.4, -0.2) is 26.2 Å². The summed E-state index contributed by atoms with van der Waals surface area (Å²) < 4.78 is 6.07. The van der Waals surface area contributed by atoms with Gasteiger partial charge in [-0.05, 0) is 13.0 Å². The van der Waals surface area contributed by atoms with Gasteiger partial charge in [-0.15, -0.1) is 10.2 Å². The standard InChI is InChI=1S/C19H15N5O2S2/c1-11-6-8-12(9-7-11)17-21-15(26-24-17)10-27-19-23-22-18(28-19)14-5-3-2-4-13(14)16(20)25/h2-9H,10H2,1H3,(H2,20,25). The van der Waals surface area contributed by atoms with Gasteiger partial charge in [-0.25, -0.2) is 0 Å². The normalized spacial score (nSPS) is 10.9. The van der Waals surface area contributed by atoms with E-state index in [1.165, 1.54) is 28.7 Å². The Hall–Kier alpha value is -3.04. The molecular weight excluding hydrogens is 394 g/mol. The third kappa shape index (κ3) is 3.95. The van der Waals surface area contributed by atoms with Crippen LogP contribution in [0.3, 0.4) is 0 Å². The van der Waals surface area contributed by atoms with Gasteiger partial charge in [0.15, 0.2) is 4.34 Å². The van der Waals surface area contributed by atoms with E-state index in [0.717, 1.165) is 9.90 Å². The number of aromatic nitrogens is 4. The van der Waals surface area contributed by atoms with Gasteiger partial charge in [-0.1, -0.05) is 76.3 Å². The zero-order chi connectivity index (χ0) is 19.5. The Morgan fingerprint density at radius 3 is 2.71 bits per heavy atom. The van der Waals surface area contributed by atoms with Crippen LogP contribution in [0.2, 0.25) is 0 Å². The molecule has 28 heavy (non-hydrogen) atoms. The zero-order valence-corrected chi connectivity index (χ0v) is 16.5. The maximum Gasteiger partial charge on any atom is 0.249 e. The third-order valence-corrected chi connectivity index (χ3v) is 6.00. The first-order chi connectivity index (χ1) is 13.6. The van der Waals surface area contributed by atoms with E-state index in [9.17, 15) is 4.79 Å². The molecule has 0 aliphatic carbocycles. The predicted molar refractivity (Wildman–Crippen MR) is 108 cm³/mol. The molecule has 0 bridgehead atoms. The minimum Gasteiger partial charge on any atom is -0.366 e. The lowest BCUT2D eigenvalue weighted by molar-refractivity contribution is 0.100. The summed E-state index contributed by atoms with van der Waals surface area (Å²) in [4.78, 5) is 16.0. The third-order valence-electron chi connectivity index (χ3n) is 3.93. The number of thioether (sulfide) groups is 1. The second-order valence-electron chi connectivity index (χ2n) is 5.95. The summed E-state index contributed by atoms with van der Waals surface area (Å²) in [6, 6.07) is 15.0. The minimum absolute atomic E-state index is 0.426. The molecule has 2 heterocycles. The van der Waals surface area contributed by atoms with Gasteiger partial charge in [0.1, 0.15) is 5.01 Å². The van der Waals surface area contributed by atoms with Crippen LogP contribution in [0.1, 0.15) is 21.8 Å². The van der Waals surface area contributed by atoms with E-state index in [1.54, 1.807) is 18.2 Å². The Kier molecular flexibility index (Phi) is 5.18. The van der Waals surface area contributed by atoms with Crippen molar-refractivity contribution < 1.29 is 9.32 Å². The quantitative estimate of drug-likeness (QED) is 0.480. The number of benzene rings is 2. The summed E-state index contributed by atoms with van der Waals surface area (Å²) in [6.45, 7) is 2.03. The zero-order valence-electron chi connectivity index (χ0n) is 14.8. The Morgan fingerprint density at radius 1 is 1.14 bits per heavy atom. The Labute approximate surface area is 169 Å². The number of nitrogens with two attached hydrogens (primary N) is 1. The molecule has 0 radical (unpaired) electrons. The van der Waals surface area contributed by atoms with Crippen molar-refractivity contribution in [2.45, 2.75) is 17.0 Å². The van der Waals surface area contributed by atoms with Crippen LogP contribution in [0, 0.1) is 6.92 Å². The van der Waals surface area contributed by atoms with Gasteiger partial charge in [0, 0.05) is 16.7 Å². The summed E-state index contributed by atoms with van der Waals surface area (Å²) >= 11 is 2.83. The van der Waals surface area contributed by atoms with Gasteiger partial charge in [-0.3, -0.25) is 4.79 Å². The molecule has 0 fully saturated rings. The lowest BCUT2D eigenvalue weighted by Crippen LogP contribution is -2.12. The summed E-state index contributed by atoms with van der Waals surface area (Å²) in [5.41, 5.74) is 8.63. The van der Waals surface area contributed by atoms with Crippen LogP contribution < -0.4 is 5.73 Å². The first-order valence-corrected chi connectivity index (χ1v) is 10.2. The van der Waals surface area contributed by atoms with Crippen molar-refractivity contribution in [3.05, 3.63) is 65.5 Å². The molecule has 2 N–H and O–H groups in total. The molecule has 0 saturated heterocycles. The van der Waals surface area contributed by atoms with E-state index in [1.807, 2.05) is 37.3 Å². The van der Waals surface area contributed by atoms with E-state index < -0.39 is 5.91 Å². The molecule has 0 aliphatic rings. The fourth-order valence-electron chi connectivity index (χ4n) is 2.52. The summed E-state index contributed by atoms with van der Waals surface area (Å²) in [7, 11) is 0. The van der Waals surface area contributed by atoms with E-state index in [2.05, 4.69) is 20.3 Å². The molecule has 0 aliphatic heterocycles. The van der Waals surface area contributed by atoms with Gasteiger partial charge in [0.05, 0.1) is 5.75 Å². The number of nitrogens with zero attached hydrogens (tertiary/aromatic N) is 4. The monoisotopic (exact) mass is 409 g/mol. The molecule has 7 nitrogen and oxygen atoms in total. The second kappa shape index (κ2) is 7.91. The van der Waals surface area contributed by atoms with Crippen molar-refractivity contribution >= 4 is 29.0 Å². The van der Waals surface area contributed by atoms with Crippen molar-refractivity contribution in [3.8, 4) is 22.0 Å². The number of carbonyl (C=O) groups is 1. The van der Waals surface area contributed by atoms with Gasteiger partial charge in [0.2, 0.25) is 17.6 Å². The van der Waals surface area contributed by atoms with Crippen LogP contribution >= 0.6 is 23.1 Å². The molecule has 9 heteroatoms. The van der Waals surface area contributed by atoms with Crippen LogP contribution in [0.4, 0.5) is 0 Å². The highest BCUT2D eigenvalue weighted by molar-refractivity contribution is 8.00. The lowest BCUT2D eigenvalue weighted by Gasteiger charge is -2.01. The van der Waals surface area contributed by atoms with E-state index in [4.69, 9.17) is 10.3 Å². The highest BCUT2D eigenvalue weighted by Gasteiger charge is 2.15. The van der Waals surface area contributed by atoms with Gasteiger partial charge < -0.3 is 10.3 Å². The molecule has 0 unspecified atom stereocenters. The molecular formula is C19H15N5O2S2. The van der Waals surface area contributed by atoms with Crippen LogP contribution in [0.25, 0.3) is 22.0 Å². The van der Waals surface area contributed by atoms with E-state index >= 15 is 0 Å². The second-order valence-corrected chi connectivity index (χ2v) is 8.15. The average Bonchev–Trinajstić information content (AvgIpc) is 3.36. The van der Waals surface area contributed by atoms with Crippen molar-refractivity contribution in [2.75, 3.05) is 0 Å². The average molecular weight is 409 g/mol. The molecule has 2 aromatic heterocycles. The van der Waals surface area contributed by atoms with Crippen LogP contribution in [0.5, 0.6) is 0 Å².